The van der Waals surface area contributed by atoms with Crippen LogP contribution in [-0.4, -0.2) is 68.0 Å². The molecule has 3 N–H and O–H groups in total. The first-order chi connectivity index (χ1) is 22.5. The Hall–Kier alpha value is -0.856. The normalized spacial score (nSPS) is 19.9. The van der Waals surface area contributed by atoms with Crippen molar-refractivity contribution in [2.75, 3.05) is 29.7 Å². The monoisotopic (exact) mass is 872 g/mol. The van der Waals surface area contributed by atoms with Gasteiger partial charge in [-0.3, -0.25) is 4.72 Å². The van der Waals surface area contributed by atoms with E-state index in [1.165, 1.54) is 29.8 Å². The Balaban J connectivity index is 0.000000388. The van der Waals surface area contributed by atoms with Crippen LogP contribution in [0.1, 0.15) is 67.2 Å². The summed E-state index contributed by atoms with van der Waals surface area (Å²) < 4.78 is 73.3. The summed E-state index contributed by atoms with van der Waals surface area (Å²) in [6.45, 7) is 24.1. The number of rotatable bonds is 11. The number of nitrogens with one attached hydrogen (secondary N) is 3. The fourth-order valence-corrected chi connectivity index (χ4v) is 10.3. The molecule has 0 spiro atoms. The van der Waals surface area contributed by atoms with Crippen molar-refractivity contribution in [1.29, 1.82) is 0 Å². The number of hydrogen-bond acceptors (Lipinski definition) is 6. The minimum Gasteiger partial charge on any atom is -0.416 e. The largest absolute Gasteiger partial charge is 0.416 e. The van der Waals surface area contributed by atoms with Crippen LogP contribution in [0.2, 0.25) is 36.2 Å². The van der Waals surface area contributed by atoms with Crippen LogP contribution in [-0.2, 0) is 19.1 Å². The molecule has 0 aromatic heterocycles. The molecule has 8 nitrogen and oxygen atoms in total. The van der Waals surface area contributed by atoms with Crippen molar-refractivity contribution in [3.63, 3.8) is 0 Å². The zero-order valence-corrected chi connectivity index (χ0v) is 36.5. The van der Waals surface area contributed by atoms with E-state index in [0.717, 1.165) is 16.2 Å². The lowest BCUT2D eigenvalue weighted by molar-refractivity contribution is 0.0361. The second-order valence-electron chi connectivity index (χ2n) is 15.8. The molecule has 2 aliphatic rings. The van der Waals surface area contributed by atoms with Crippen LogP contribution in [0, 0.1) is 20.6 Å². The Kier molecular flexibility index (Phi) is 15.0. The van der Waals surface area contributed by atoms with E-state index in [1.54, 1.807) is 18.2 Å². The lowest BCUT2D eigenvalue weighted by Gasteiger charge is -2.40. The van der Waals surface area contributed by atoms with E-state index in [-0.39, 0.29) is 34.0 Å². The zero-order valence-electron chi connectivity index (χ0n) is 30.6. The third-order valence-electron chi connectivity index (χ3n) is 9.32. The average Bonchev–Trinajstić information content (AvgIpc) is 3.68. The van der Waals surface area contributed by atoms with Crippen LogP contribution in [0.15, 0.2) is 30.3 Å². The summed E-state index contributed by atoms with van der Waals surface area (Å²) in [4.78, 5) is 0. The van der Waals surface area contributed by atoms with Crippen molar-refractivity contribution >= 4 is 78.8 Å². The summed E-state index contributed by atoms with van der Waals surface area (Å²) in [7, 11) is -7.08. The molecular weight excluding hydrogens is 817 g/mol. The molecule has 0 aliphatic carbocycles. The van der Waals surface area contributed by atoms with Crippen molar-refractivity contribution in [3.05, 3.63) is 50.6 Å². The number of anilines is 3. The number of benzene rings is 2. The minimum atomic E-state index is -4.11. The highest BCUT2D eigenvalue weighted by Crippen LogP contribution is 2.39. The topological polar surface area (TPSA) is 91.9 Å². The molecule has 2 saturated heterocycles. The average molecular weight is 873 g/mol. The molecular formula is C34H56ClF2IN4O4SSi2. The maximum absolute atomic E-state index is 14.9. The van der Waals surface area contributed by atoms with Gasteiger partial charge in [0.05, 0.1) is 28.5 Å². The molecule has 2 heterocycles. The third kappa shape index (κ3) is 11.8. The highest BCUT2D eigenvalue weighted by molar-refractivity contribution is 14.1. The summed E-state index contributed by atoms with van der Waals surface area (Å²) >= 11 is 8.34. The molecule has 0 saturated carbocycles. The van der Waals surface area contributed by atoms with E-state index < -0.39 is 39.2 Å². The molecule has 2 aromatic rings. The molecule has 4 rings (SSSR count). The second-order valence-corrected chi connectivity index (χ2v) is 26.3. The molecule has 49 heavy (non-hydrogen) atoms. The van der Waals surface area contributed by atoms with Gasteiger partial charge in [-0.15, -0.1) is 0 Å². The van der Waals surface area contributed by atoms with Crippen molar-refractivity contribution < 1.29 is 26.1 Å². The minimum absolute atomic E-state index is 0.115. The van der Waals surface area contributed by atoms with Gasteiger partial charge in [-0.1, -0.05) is 53.1 Å². The van der Waals surface area contributed by atoms with Gasteiger partial charge in [-0.05, 0) is 122 Å². The molecule has 0 radical (unpaired) electrons. The Labute approximate surface area is 315 Å². The highest BCUT2D eigenvalue weighted by atomic mass is 127. The third-order valence-corrected chi connectivity index (χ3v) is 17.2. The molecule has 0 amide bonds. The first kappa shape index (κ1) is 42.6. The highest BCUT2D eigenvalue weighted by Gasteiger charge is 2.44. The van der Waals surface area contributed by atoms with Gasteiger partial charge in [-0.25, -0.2) is 8.78 Å². The van der Waals surface area contributed by atoms with Gasteiger partial charge in [0, 0.05) is 22.8 Å². The molecule has 2 aliphatic heterocycles. The molecule has 2 fully saturated rings. The van der Waals surface area contributed by atoms with E-state index in [4.69, 9.17) is 20.5 Å². The Morgan fingerprint density at radius 3 is 2.29 bits per heavy atom. The number of halogens is 4. The van der Waals surface area contributed by atoms with Crippen molar-refractivity contribution in [1.82, 2.24) is 9.62 Å². The van der Waals surface area contributed by atoms with Crippen molar-refractivity contribution in [2.24, 2.45) is 5.41 Å². The molecule has 2 aromatic carbocycles. The summed E-state index contributed by atoms with van der Waals surface area (Å²) in [5.41, 5.74) is -0.420. The zero-order chi connectivity index (χ0) is 36.9. The lowest BCUT2D eigenvalue weighted by atomic mass is 9.84. The first-order valence-electron chi connectivity index (χ1n) is 17.1. The van der Waals surface area contributed by atoms with Gasteiger partial charge in [0.2, 0.25) is 0 Å². The summed E-state index contributed by atoms with van der Waals surface area (Å²) in [6.07, 6.45) is 3.65. The Morgan fingerprint density at radius 1 is 1.08 bits per heavy atom. The fraction of sp³-hybridized carbons (Fsp3) is 0.647. The Bertz CT molecular complexity index is 1520. The first-order valence-corrected chi connectivity index (χ1v) is 25.6. The molecule has 0 bridgehead atoms. The van der Waals surface area contributed by atoms with Crippen LogP contribution in [0.5, 0.6) is 0 Å². The predicted molar refractivity (Wildman–Crippen MR) is 213 cm³/mol. The number of nitrogens with zero attached hydrogens (tertiary/aromatic N) is 1. The summed E-state index contributed by atoms with van der Waals surface area (Å²) in [5, 5.41) is 6.87. The van der Waals surface area contributed by atoms with Crippen LogP contribution in [0.4, 0.5) is 25.8 Å². The molecule has 15 heteroatoms. The smallest absolute Gasteiger partial charge is 0.302 e. The van der Waals surface area contributed by atoms with E-state index >= 15 is 0 Å². The van der Waals surface area contributed by atoms with Gasteiger partial charge in [0.25, 0.3) is 0 Å². The molecule has 1 unspecified atom stereocenters. The standard InChI is InChI=1S/C23H31ClF2IN3O3SSi.C11H25NOSi/c1-23(2,3)22(33-35(4)5)19-7-6-12-30(19)34(31,32)29-18-11-9-16(25)20(26)21(18)28-17-10-8-14(27)13-15(17)24;1-11(2,3)14(4,5)13-9-10-7-6-8-12-10/h8-11,13,19,22,28-29,35H,6-7,12H2,1-5H3;10,12H,6-9H2,1-5H3/t19-,22?;10-/m00/s1. The lowest BCUT2D eigenvalue weighted by Crippen LogP contribution is -2.51. The second kappa shape index (κ2) is 17.3. The van der Waals surface area contributed by atoms with Gasteiger partial charge in [0.1, 0.15) is 5.69 Å². The number of hydrogen-bond donors (Lipinski definition) is 3. The van der Waals surface area contributed by atoms with Crippen molar-refractivity contribution in [3.8, 4) is 0 Å². The van der Waals surface area contributed by atoms with Crippen LogP contribution >= 0.6 is 34.2 Å². The molecule has 278 valence electrons. The summed E-state index contributed by atoms with van der Waals surface area (Å²) in [6, 6.07) is 7.35. The quantitative estimate of drug-likeness (QED) is 0.154. The maximum Gasteiger partial charge on any atom is 0.302 e. The maximum atomic E-state index is 14.9. The van der Waals surface area contributed by atoms with E-state index in [2.05, 4.69) is 84.9 Å². The fourth-order valence-electron chi connectivity index (χ4n) is 5.64. The van der Waals surface area contributed by atoms with Crippen molar-refractivity contribution in [2.45, 2.75) is 117 Å². The van der Waals surface area contributed by atoms with Gasteiger partial charge < -0.3 is 19.5 Å². The molecule has 3 atom stereocenters. The van der Waals surface area contributed by atoms with Crippen LogP contribution in [0.25, 0.3) is 0 Å². The summed E-state index contributed by atoms with van der Waals surface area (Å²) in [5.74, 6) is -2.32. The van der Waals surface area contributed by atoms with Crippen LogP contribution in [0.3, 0.4) is 0 Å². The van der Waals surface area contributed by atoms with E-state index in [1.807, 2.05) is 20.8 Å². The van der Waals surface area contributed by atoms with E-state index in [9.17, 15) is 17.2 Å². The Morgan fingerprint density at radius 2 is 1.73 bits per heavy atom. The van der Waals surface area contributed by atoms with E-state index in [0.29, 0.717) is 36.2 Å². The SMILES string of the molecule is CC(C)(C)[Si](C)(C)OC[C@@H]1CCCN1.C[SiH](C)OC([C@@H]1CCCN1S(=O)(=O)Nc1ccc(F)c(F)c1Nc1ccc(I)cc1Cl)C(C)(C)C. The van der Waals surface area contributed by atoms with Gasteiger partial charge in [-0.2, -0.15) is 12.7 Å². The predicted octanol–water partition coefficient (Wildman–Crippen LogP) is 9.26. The van der Waals surface area contributed by atoms with Gasteiger partial charge in [0.15, 0.2) is 29.0 Å². The van der Waals surface area contributed by atoms with Crippen LogP contribution < -0.4 is 15.4 Å². The van der Waals surface area contributed by atoms with Gasteiger partial charge >= 0.3 is 10.2 Å².